The van der Waals surface area contributed by atoms with Gasteiger partial charge in [0.05, 0.1) is 19.1 Å². The monoisotopic (exact) mass is 255 g/mol. The number of carboxylic acids is 1. The van der Waals surface area contributed by atoms with Crippen molar-refractivity contribution in [2.45, 2.75) is 19.4 Å². The van der Waals surface area contributed by atoms with E-state index in [1.54, 1.807) is 12.3 Å². The Morgan fingerprint density at radius 2 is 2.39 bits per heavy atom. The first-order valence-electron chi connectivity index (χ1n) is 5.60. The van der Waals surface area contributed by atoms with Gasteiger partial charge in [0, 0.05) is 25.9 Å². The van der Waals surface area contributed by atoms with E-state index in [9.17, 15) is 4.79 Å². The molecule has 1 heterocycles. The van der Waals surface area contributed by atoms with Gasteiger partial charge in [-0.1, -0.05) is 0 Å². The highest BCUT2D eigenvalue weighted by atomic mass is 16.5. The maximum atomic E-state index is 10.6. The summed E-state index contributed by atoms with van der Waals surface area (Å²) < 4.78 is 10.3. The van der Waals surface area contributed by atoms with Gasteiger partial charge in [-0.25, -0.2) is 4.98 Å². The van der Waals surface area contributed by atoms with Crippen molar-refractivity contribution < 1.29 is 19.4 Å². The van der Waals surface area contributed by atoms with Crippen LogP contribution in [0.2, 0.25) is 0 Å². The molecule has 1 unspecified atom stereocenters. The average Bonchev–Trinajstić information content (AvgIpc) is 2.35. The second-order valence-electron chi connectivity index (χ2n) is 3.49. The molecular formula is C11H17N3O4. The van der Waals surface area contributed by atoms with E-state index >= 15 is 0 Å². The van der Waals surface area contributed by atoms with Crippen LogP contribution in [0.15, 0.2) is 12.3 Å². The zero-order chi connectivity index (χ0) is 13.4. The zero-order valence-electron chi connectivity index (χ0n) is 10.4. The fourth-order valence-corrected chi connectivity index (χ4v) is 1.29. The molecule has 0 amide bonds. The van der Waals surface area contributed by atoms with Gasteiger partial charge in [0.25, 0.3) is 0 Å². The first-order valence-corrected chi connectivity index (χ1v) is 5.60. The summed E-state index contributed by atoms with van der Waals surface area (Å²) in [6.45, 7) is 2.71. The van der Waals surface area contributed by atoms with Gasteiger partial charge in [0.1, 0.15) is 0 Å². The van der Waals surface area contributed by atoms with Crippen LogP contribution in [-0.2, 0) is 9.53 Å². The molecule has 0 radical (unpaired) electrons. The van der Waals surface area contributed by atoms with E-state index in [1.807, 2.05) is 6.92 Å². The fourth-order valence-electron chi connectivity index (χ4n) is 1.29. The van der Waals surface area contributed by atoms with E-state index in [1.165, 1.54) is 7.11 Å². The average molecular weight is 255 g/mol. The minimum atomic E-state index is -0.910. The first kappa shape index (κ1) is 14.2. The lowest BCUT2D eigenvalue weighted by molar-refractivity contribution is -0.139. The highest BCUT2D eigenvalue weighted by Crippen LogP contribution is 2.08. The molecule has 7 heteroatoms. The number of hydrogen-bond donors (Lipinski definition) is 2. The highest BCUT2D eigenvalue weighted by Gasteiger charge is 2.12. The molecular weight excluding hydrogens is 238 g/mol. The summed E-state index contributed by atoms with van der Waals surface area (Å²) in [4.78, 5) is 18.7. The number of carboxylic acid groups (broad SMARTS) is 1. The van der Waals surface area contributed by atoms with Crippen molar-refractivity contribution in [2.24, 2.45) is 0 Å². The molecule has 0 fully saturated rings. The summed E-state index contributed by atoms with van der Waals surface area (Å²) in [6, 6.07) is 1.65. The van der Waals surface area contributed by atoms with Crippen molar-refractivity contribution in [1.29, 1.82) is 0 Å². The van der Waals surface area contributed by atoms with Crippen LogP contribution < -0.4 is 10.1 Å². The molecule has 0 saturated heterocycles. The Bertz CT molecular complexity index is 386. The molecule has 0 saturated carbocycles. The number of hydrogen-bond acceptors (Lipinski definition) is 6. The molecule has 1 aromatic heterocycles. The van der Waals surface area contributed by atoms with Crippen LogP contribution in [-0.4, -0.2) is 47.4 Å². The Balaban J connectivity index is 2.50. The predicted molar refractivity (Wildman–Crippen MR) is 64.7 cm³/mol. The van der Waals surface area contributed by atoms with Crippen molar-refractivity contribution >= 4 is 11.9 Å². The van der Waals surface area contributed by atoms with E-state index in [0.717, 1.165) is 0 Å². The third kappa shape index (κ3) is 4.96. The lowest BCUT2D eigenvalue weighted by atomic mass is 10.2. The SMILES string of the molecule is CCOc1ccnc(NCC(CC(=O)O)OC)n1. The molecule has 0 spiro atoms. The topological polar surface area (TPSA) is 93.6 Å². The number of nitrogens with zero attached hydrogens (tertiary/aromatic N) is 2. The maximum absolute atomic E-state index is 10.6. The van der Waals surface area contributed by atoms with E-state index in [0.29, 0.717) is 25.0 Å². The first-order chi connectivity index (χ1) is 8.65. The van der Waals surface area contributed by atoms with E-state index in [2.05, 4.69) is 15.3 Å². The van der Waals surface area contributed by atoms with Crippen molar-refractivity contribution in [1.82, 2.24) is 9.97 Å². The van der Waals surface area contributed by atoms with Gasteiger partial charge >= 0.3 is 5.97 Å². The molecule has 2 N–H and O–H groups in total. The van der Waals surface area contributed by atoms with Gasteiger partial charge in [-0.05, 0) is 6.92 Å². The molecule has 0 bridgehead atoms. The number of methoxy groups -OCH3 is 1. The van der Waals surface area contributed by atoms with Gasteiger partial charge in [0.15, 0.2) is 0 Å². The third-order valence-corrected chi connectivity index (χ3v) is 2.15. The summed E-state index contributed by atoms with van der Waals surface area (Å²) in [7, 11) is 1.47. The Kier molecular flexibility index (Phi) is 5.86. The number of aliphatic carboxylic acids is 1. The zero-order valence-corrected chi connectivity index (χ0v) is 10.4. The molecule has 0 aliphatic carbocycles. The van der Waals surface area contributed by atoms with Gasteiger partial charge < -0.3 is 19.9 Å². The fraction of sp³-hybridized carbons (Fsp3) is 0.545. The second-order valence-corrected chi connectivity index (χ2v) is 3.49. The minimum absolute atomic E-state index is 0.0748. The maximum Gasteiger partial charge on any atom is 0.306 e. The van der Waals surface area contributed by atoms with E-state index < -0.39 is 12.1 Å². The summed E-state index contributed by atoms with van der Waals surface area (Å²) in [5, 5.41) is 11.6. The number of carbonyl (C=O) groups is 1. The molecule has 1 aromatic rings. The van der Waals surface area contributed by atoms with Crippen molar-refractivity contribution in [3.8, 4) is 5.88 Å². The largest absolute Gasteiger partial charge is 0.481 e. The van der Waals surface area contributed by atoms with Crippen LogP contribution in [0.3, 0.4) is 0 Å². The summed E-state index contributed by atoms with van der Waals surface area (Å²) in [6.07, 6.45) is 1.07. The van der Waals surface area contributed by atoms with Crippen LogP contribution in [0.25, 0.3) is 0 Å². The molecule has 1 rings (SSSR count). The molecule has 7 nitrogen and oxygen atoms in total. The van der Waals surface area contributed by atoms with Crippen LogP contribution in [0.1, 0.15) is 13.3 Å². The normalized spacial score (nSPS) is 11.9. The van der Waals surface area contributed by atoms with E-state index in [4.69, 9.17) is 14.6 Å². The van der Waals surface area contributed by atoms with Gasteiger partial charge in [-0.3, -0.25) is 4.79 Å². The van der Waals surface area contributed by atoms with E-state index in [-0.39, 0.29) is 6.42 Å². The number of aromatic nitrogens is 2. The lowest BCUT2D eigenvalue weighted by Crippen LogP contribution is -2.25. The minimum Gasteiger partial charge on any atom is -0.481 e. The number of anilines is 1. The Morgan fingerprint density at radius 1 is 1.61 bits per heavy atom. The molecule has 0 aliphatic heterocycles. The molecule has 0 aliphatic rings. The Morgan fingerprint density at radius 3 is 3.00 bits per heavy atom. The van der Waals surface area contributed by atoms with Crippen LogP contribution in [0, 0.1) is 0 Å². The molecule has 1 atom stereocenters. The Labute approximate surface area is 105 Å². The number of ether oxygens (including phenoxy) is 2. The Hall–Kier alpha value is -1.89. The van der Waals surface area contributed by atoms with Crippen molar-refractivity contribution in [2.75, 3.05) is 25.6 Å². The smallest absolute Gasteiger partial charge is 0.306 e. The second kappa shape index (κ2) is 7.44. The number of rotatable bonds is 8. The van der Waals surface area contributed by atoms with Crippen molar-refractivity contribution in [3.63, 3.8) is 0 Å². The summed E-state index contributed by atoms with van der Waals surface area (Å²) >= 11 is 0. The van der Waals surface area contributed by atoms with Crippen LogP contribution in [0.5, 0.6) is 5.88 Å². The van der Waals surface area contributed by atoms with Crippen LogP contribution in [0.4, 0.5) is 5.95 Å². The quantitative estimate of drug-likeness (QED) is 0.708. The van der Waals surface area contributed by atoms with Crippen LogP contribution >= 0.6 is 0 Å². The summed E-state index contributed by atoms with van der Waals surface area (Å²) in [5.74, 6) is -0.0526. The third-order valence-electron chi connectivity index (χ3n) is 2.15. The van der Waals surface area contributed by atoms with Crippen molar-refractivity contribution in [3.05, 3.63) is 12.3 Å². The molecule has 18 heavy (non-hydrogen) atoms. The molecule has 100 valence electrons. The number of nitrogens with one attached hydrogen (secondary N) is 1. The predicted octanol–water partition coefficient (Wildman–Crippen LogP) is 0.777. The van der Waals surface area contributed by atoms with Gasteiger partial charge in [-0.2, -0.15) is 4.98 Å². The lowest BCUT2D eigenvalue weighted by Gasteiger charge is -2.14. The standard InChI is InChI=1S/C11H17N3O4/c1-3-18-9-4-5-12-11(14-9)13-7-8(17-2)6-10(15)16/h4-5,8H,3,6-7H2,1-2H3,(H,15,16)(H,12,13,14). The molecule has 0 aromatic carbocycles. The summed E-state index contributed by atoms with van der Waals surface area (Å²) in [5.41, 5.74) is 0. The van der Waals surface area contributed by atoms with Gasteiger partial charge in [0.2, 0.25) is 11.8 Å². The highest BCUT2D eigenvalue weighted by molar-refractivity contribution is 5.67. The van der Waals surface area contributed by atoms with Gasteiger partial charge in [-0.15, -0.1) is 0 Å².